The van der Waals surface area contributed by atoms with Crippen LogP contribution in [0.1, 0.15) is 25.8 Å². The summed E-state index contributed by atoms with van der Waals surface area (Å²) in [6, 6.07) is 7.06. The predicted molar refractivity (Wildman–Crippen MR) is 109 cm³/mol. The van der Waals surface area contributed by atoms with Gasteiger partial charge < -0.3 is 9.47 Å². The zero-order valence-corrected chi connectivity index (χ0v) is 18.4. The average Bonchev–Trinajstić information content (AvgIpc) is 2.63. The molecule has 1 aromatic rings. The zero-order chi connectivity index (χ0) is 21.3. The van der Waals surface area contributed by atoms with Crippen molar-refractivity contribution in [3.05, 3.63) is 35.9 Å². The van der Waals surface area contributed by atoms with E-state index in [1.165, 1.54) is 6.92 Å². The second kappa shape index (κ2) is 11.7. The van der Waals surface area contributed by atoms with Gasteiger partial charge in [-0.05, 0) is 43.9 Å². The largest absolute Gasteiger partial charge is 0.464 e. The molecule has 2 atom stereocenters. The van der Waals surface area contributed by atoms with Gasteiger partial charge in [0.15, 0.2) is 0 Å². The van der Waals surface area contributed by atoms with Crippen LogP contribution in [0.2, 0.25) is 0 Å². The molecule has 0 saturated heterocycles. The van der Waals surface area contributed by atoms with Gasteiger partial charge in [-0.25, -0.2) is 9.59 Å². The topological polar surface area (TPSA) is 72.9 Å². The van der Waals surface area contributed by atoms with E-state index in [4.69, 9.17) is 55.9 Å². The lowest BCUT2D eigenvalue weighted by Crippen LogP contribution is -2.53. The van der Waals surface area contributed by atoms with Crippen molar-refractivity contribution in [2.45, 2.75) is 42.6 Å². The molecule has 6 nitrogen and oxygen atoms in total. The minimum Gasteiger partial charge on any atom is -0.464 e. The second-order valence-electron chi connectivity index (χ2n) is 5.85. The van der Waals surface area contributed by atoms with E-state index >= 15 is 0 Å². The molecule has 0 radical (unpaired) electrons. The molecule has 1 amide bonds. The Bertz CT molecular complexity index is 666. The van der Waals surface area contributed by atoms with Crippen molar-refractivity contribution >= 4 is 63.7 Å². The van der Waals surface area contributed by atoms with Crippen LogP contribution in [-0.4, -0.2) is 51.3 Å². The first-order valence-electron chi connectivity index (χ1n) is 8.48. The summed E-state index contributed by atoms with van der Waals surface area (Å²) in [6.45, 7) is 2.54. The maximum absolute atomic E-state index is 12.6. The van der Waals surface area contributed by atoms with E-state index in [-0.39, 0.29) is 13.0 Å². The van der Waals surface area contributed by atoms with Crippen LogP contribution in [0.15, 0.2) is 30.3 Å². The Balaban J connectivity index is 3.11. The molecule has 0 unspecified atom stereocenters. The van der Waals surface area contributed by atoms with Gasteiger partial charge in [0.05, 0.1) is 6.61 Å². The van der Waals surface area contributed by atoms with Gasteiger partial charge in [0, 0.05) is 0 Å². The van der Waals surface area contributed by atoms with Crippen LogP contribution in [0.5, 0.6) is 0 Å². The normalized spacial score (nSPS) is 13.4. The summed E-state index contributed by atoms with van der Waals surface area (Å²) in [6.07, 6.45) is -0.388. The monoisotopic (exact) mass is 471 g/mol. The van der Waals surface area contributed by atoms with E-state index < -0.39 is 39.8 Å². The molecule has 1 aromatic carbocycles. The highest BCUT2D eigenvalue weighted by Crippen LogP contribution is 2.27. The minimum absolute atomic E-state index is 0.0981. The number of nitrogens with zero attached hydrogens (tertiary/aromatic N) is 1. The van der Waals surface area contributed by atoms with E-state index in [1.54, 1.807) is 6.92 Å². The molecule has 0 saturated carbocycles. The lowest BCUT2D eigenvalue weighted by atomic mass is 10.0. The minimum atomic E-state index is -1.85. The maximum atomic E-state index is 12.6. The van der Waals surface area contributed by atoms with Gasteiger partial charge >= 0.3 is 12.1 Å². The summed E-state index contributed by atoms with van der Waals surface area (Å²) >= 11 is 22.4. The lowest BCUT2D eigenvalue weighted by molar-refractivity contribution is -0.150. The summed E-state index contributed by atoms with van der Waals surface area (Å²) in [5.74, 6) is -0.686. The van der Waals surface area contributed by atoms with Crippen molar-refractivity contribution in [1.82, 2.24) is 4.90 Å². The van der Waals surface area contributed by atoms with Gasteiger partial charge in [-0.1, -0.05) is 65.1 Å². The summed E-state index contributed by atoms with van der Waals surface area (Å²) < 4.78 is 8.20. The van der Waals surface area contributed by atoms with E-state index in [0.717, 1.165) is 10.5 Å². The standard InChI is InChI=1S/C18H21Cl4NO5/c1-3-27-16(25)14(10-9-13-7-5-4-6-8-13)23(12(2)15(19)24)17(26)28-11-18(20,21)22/h4-8,12,14H,3,9-11H2,1-2H3/t12-,14-/m0/s1. The van der Waals surface area contributed by atoms with Crippen LogP contribution in [0.3, 0.4) is 0 Å². The van der Waals surface area contributed by atoms with Crippen molar-refractivity contribution in [3.8, 4) is 0 Å². The van der Waals surface area contributed by atoms with Crippen LogP contribution in [0.4, 0.5) is 4.79 Å². The number of aryl methyl sites for hydroxylation is 1. The van der Waals surface area contributed by atoms with Gasteiger partial charge in [0.25, 0.3) is 0 Å². The van der Waals surface area contributed by atoms with E-state index in [0.29, 0.717) is 6.42 Å². The number of hydrogen-bond donors (Lipinski definition) is 0. The molecular formula is C18H21Cl4NO5. The third-order valence-corrected chi connectivity index (χ3v) is 4.40. The summed E-state index contributed by atoms with van der Waals surface area (Å²) in [5, 5.41) is -0.847. The fourth-order valence-corrected chi connectivity index (χ4v) is 2.71. The van der Waals surface area contributed by atoms with Gasteiger partial charge in [0.2, 0.25) is 9.03 Å². The molecule has 1 rings (SSSR count). The number of hydrogen-bond acceptors (Lipinski definition) is 5. The Kier molecular flexibility index (Phi) is 10.4. The molecule has 0 bridgehead atoms. The highest BCUT2D eigenvalue weighted by atomic mass is 35.6. The lowest BCUT2D eigenvalue weighted by Gasteiger charge is -2.33. The molecule has 0 aliphatic heterocycles. The van der Waals surface area contributed by atoms with Crippen LogP contribution in [-0.2, 0) is 25.5 Å². The molecule has 0 aliphatic rings. The average molecular weight is 473 g/mol. The van der Waals surface area contributed by atoms with Crippen molar-refractivity contribution in [2.75, 3.05) is 13.2 Å². The van der Waals surface area contributed by atoms with Crippen LogP contribution < -0.4 is 0 Å². The SMILES string of the molecule is CCOC(=O)[C@H](CCc1ccccc1)N(C(=O)OCC(Cl)(Cl)Cl)[C@@H](C)C(=O)Cl. The third kappa shape index (κ3) is 8.43. The smallest absolute Gasteiger partial charge is 0.411 e. The molecular weight excluding hydrogens is 452 g/mol. The number of alkyl halides is 3. The Hall–Kier alpha value is -1.21. The molecule has 0 aromatic heterocycles. The third-order valence-electron chi connectivity index (χ3n) is 3.76. The summed E-state index contributed by atoms with van der Waals surface area (Å²) in [5.41, 5.74) is 0.941. The first-order valence-corrected chi connectivity index (χ1v) is 9.99. The fraction of sp³-hybridized carbons (Fsp3) is 0.500. The Labute approximate surface area is 183 Å². The van der Waals surface area contributed by atoms with Crippen LogP contribution >= 0.6 is 46.4 Å². The first kappa shape index (κ1) is 24.8. The Morgan fingerprint density at radius 2 is 1.71 bits per heavy atom. The molecule has 156 valence electrons. The molecule has 0 fully saturated rings. The number of carbonyl (C=O) groups is 3. The van der Waals surface area contributed by atoms with Crippen molar-refractivity contribution in [1.29, 1.82) is 0 Å². The number of carbonyl (C=O) groups excluding carboxylic acids is 3. The highest BCUT2D eigenvalue weighted by Gasteiger charge is 2.38. The zero-order valence-electron chi connectivity index (χ0n) is 15.4. The Morgan fingerprint density at radius 3 is 2.21 bits per heavy atom. The molecule has 0 spiro atoms. The number of halogens is 4. The van der Waals surface area contributed by atoms with E-state index in [1.807, 2.05) is 30.3 Å². The van der Waals surface area contributed by atoms with E-state index in [9.17, 15) is 14.4 Å². The number of amides is 1. The summed E-state index contributed by atoms with van der Waals surface area (Å²) in [7, 11) is 0. The quantitative estimate of drug-likeness (QED) is 0.300. The number of esters is 1. The molecule has 28 heavy (non-hydrogen) atoms. The second-order valence-corrected chi connectivity index (χ2v) is 8.74. The fourth-order valence-electron chi connectivity index (χ4n) is 2.44. The Morgan fingerprint density at radius 1 is 1.11 bits per heavy atom. The van der Waals surface area contributed by atoms with Gasteiger partial charge in [-0.15, -0.1) is 0 Å². The van der Waals surface area contributed by atoms with Gasteiger partial charge in [-0.3, -0.25) is 9.69 Å². The van der Waals surface area contributed by atoms with Crippen LogP contribution in [0.25, 0.3) is 0 Å². The summed E-state index contributed by atoms with van der Waals surface area (Å²) in [4.78, 5) is 37.8. The van der Waals surface area contributed by atoms with Crippen molar-refractivity contribution in [3.63, 3.8) is 0 Å². The van der Waals surface area contributed by atoms with E-state index in [2.05, 4.69) is 0 Å². The molecule has 10 heteroatoms. The first-order chi connectivity index (χ1) is 13.1. The predicted octanol–water partition coefficient (Wildman–Crippen LogP) is 4.51. The van der Waals surface area contributed by atoms with Gasteiger partial charge in [-0.2, -0.15) is 0 Å². The maximum Gasteiger partial charge on any atom is 0.411 e. The molecule has 0 heterocycles. The van der Waals surface area contributed by atoms with Crippen molar-refractivity contribution < 1.29 is 23.9 Å². The molecule has 0 N–H and O–H groups in total. The van der Waals surface area contributed by atoms with Crippen molar-refractivity contribution in [2.24, 2.45) is 0 Å². The number of ether oxygens (including phenoxy) is 2. The number of rotatable bonds is 9. The van der Waals surface area contributed by atoms with Gasteiger partial charge in [0.1, 0.15) is 18.7 Å². The highest BCUT2D eigenvalue weighted by molar-refractivity contribution is 6.67. The number of benzene rings is 1. The van der Waals surface area contributed by atoms with Crippen LogP contribution in [0, 0.1) is 0 Å². The molecule has 0 aliphatic carbocycles.